The van der Waals surface area contributed by atoms with Gasteiger partial charge in [-0.05, 0) is 0 Å². The summed E-state index contributed by atoms with van der Waals surface area (Å²) in [6.07, 6.45) is 1.52. The summed E-state index contributed by atoms with van der Waals surface area (Å²) >= 11 is 0.808. The molecule has 9 heavy (non-hydrogen) atoms. The smallest absolute Gasteiger partial charge is 0.406 e. The van der Waals surface area contributed by atoms with Crippen molar-refractivity contribution < 1.29 is 18.9 Å². The van der Waals surface area contributed by atoms with Crippen molar-refractivity contribution in [3.8, 4) is 0 Å². The summed E-state index contributed by atoms with van der Waals surface area (Å²) in [6.45, 7) is 0. The minimum atomic E-state index is -1.30. The van der Waals surface area contributed by atoms with Crippen molar-refractivity contribution in [2.45, 2.75) is 0 Å². The van der Waals surface area contributed by atoms with Crippen LogP contribution in [0.4, 0.5) is 9.59 Å². The molecule has 0 fully saturated rings. The highest BCUT2D eigenvalue weighted by Crippen LogP contribution is 1.94. The molecule has 0 aromatic carbocycles. The average molecular weight is 147 g/mol. The molecule has 0 aromatic rings. The summed E-state index contributed by atoms with van der Waals surface area (Å²) < 4.78 is 4.19. The summed E-state index contributed by atoms with van der Waals surface area (Å²) in [5, 5.41) is 7.94. The van der Waals surface area contributed by atoms with E-state index in [0.717, 1.165) is 12.0 Å². The van der Waals surface area contributed by atoms with Gasteiger partial charge in [-0.15, -0.1) is 0 Å². The van der Waals surface area contributed by atoms with E-state index in [1.165, 1.54) is 6.26 Å². The van der Waals surface area contributed by atoms with Crippen LogP contribution in [0, 0.1) is 0 Å². The fraction of sp³-hybridized carbons (Fsp3) is 0.333. The van der Waals surface area contributed by atoms with E-state index < -0.39 is 11.7 Å². The normalized spacial score (nSPS) is 8.11. The first kappa shape index (κ1) is 8.35. The number of carbonyl (C=O) groups is 2. The monoisotopic (exact) mass is 147 g/mol. The molecule has 0 atom stereocenters. The standard InChI is InChI=1S/C3H4BO4S/c1-9-8-3(7)4-2(5)6/h1H3,(H,5,6). The molecule has 0 unspecified atom stereocenters. The predicted molar refractivity (Wildman–Crippen MR) is 33.8 cm³/mol. The topological polar surface area (TPSA) is 63.6 Å². The van der Waals surface area contributed by atoms with Gasteiger partial charge in [0.2, 0.25) is 0 Å². The summed E-state index contributed by atoms with van der Waals surface area (Å²) in [6, 6.07) is 0. The van der Waals surface area contributed by atoms with Crippen LogP contribution in [-0.2, 0) is 4.18 Å². The second-order valence-corrected chi connectivity index (χ2v) is 1.55. The summed E-state index contributed by atoms with van der Waals surface area (Å²) in [5.41, 5.74) is 0. The number of carboxylic acid groups (broad SMARTS) is 1. The maximum atomic E-state index is 10.2. The van der Waals surface area contributed by atoms with E-state index in [4.69, 9.17) is 5.11 Å². The maximum Gasteiger partial charge on any atom is 0.406 e. The van der Waals surface area contributed by atoms with Gasteiger partial charge in [-0.25, -0.2) is 0 Å². The van der Waals surface area contributed by atoms with E-state index >= 15 is 0 Å². The van der Waals surface area contributed by atoms with Crippen molar-refractivity contribution in [1.29, 1.82) is 0 Å². The van der Waals surface area contributed by atoms with Crippen LogP contribution in [0.1, 0.15) is 0 Å². The van der Waals surface area contributed by atoms with Crippen LogP contribution < -0.4 is 0 Å². The molecule has 4 nitrogen and oxygen atoms in total. The van der Waals surface area contributed by atoms with Gasteiger partial charge < -0.3 is 9.29 Å². The van der Waals surface area contributed by atoms with E-state index in [9.17, 15) is 9.59 Å². The molecule has 0 saturated carbocycles. The lowest BCUT2D eigenvalue weighted by atomic mass is 9.80. The first-order valence-electron chi connectivity index (χ1n) is 1.99. The molecule has 0 saturated heterocycles. The van der Waals surface area contributed by atoms with Gasteiger partial charge >= 0.3 is 7.28 Å². The first-order chi connectivity index (χ1) is 4.16. The Morgan fingerprint density at radius 3 is 2.56 bits per heavy atom. The van der Waals surface area contributed by atoms with Crippen LogP contribution in [0.2, 0.25) is 0 Å². The third-order valence-corrected chi connectivity index (χ3v) is 0.738. The zero-order chi connectivity index (χ0) is 7.28. The Hall–Kier alpha value is -0.645. The summed E-state index contributed by atoms with van der Waals surface area (Å²) in [5.74, 6) is -2.15. The lowest BCUT2D eigenvalue weighted by Crippen LogP contribution is -2.16. The fourth-order valence-corrected chi connectivity index (χ4v) is 0.419. The van der Waals surface area contributed by atoms with E-state index in [1.807, 2.05) is 0 Å². The lowest BCUT2D eigenvalue weighted by molar-refractivity contribution is 0.217. The first-order valence-corrected chi connectivity index (χ1v) is 3.14. The highest BCUT2D eigenvalue weighted by molar-refractivity contribution is 7.94. The van der Waals surface area contributed by atoms with Gasteiger partial charge in [0, 0.05) is 6.26 Å². The van der Waals surface area contributed by atoms with Crippen molar-refractivity contribution >= 4 is 31.1 Å². The second-order valence-electron chi connectivity index (χ2n) is 1.05. The minimum Gasteiger partial charge on any atom is -0.489 e. The number of carbonyl (C=O) groups excluding carboxylic acids is 1. The fourth-order valence-electron chi connectivity index (χ4n) is 0.207. The van der Waals surface area contributed by atoms with E-state index in [2.05, 4.69) is 4.18 Å². The molecule has 0 aliphatic heterocycles. The average Bonchev–Trinajstić information content (AvgIpc) is 1.63. The zero-order valence-corrected chi connectivity index (χ0v) is 5.47. The Balaban J connectivity index is 3.39. The number of hydrogen-bond acceptors (Lipinski definition) is 4. The van der Waals surface area contributed by atoms with Crippen LogP contribution in [0.25, 0.3) is 0 Å². The molecular weight excluding hydrogens is 143 g/mol. The molecule has 0 aliphatic rings. The molecule has 49 valence electrons. The van der Waals surface area contributed by atoms with Gasteiger partial charge in [0.15, 0.2) is 0 Å². The molecule has 0 bridgehead atoms. The number of hydrogen-bond donors (Lipinski definition) is 1. The SMILES string of the molecule is CSOC(=O)[B]C(=O)O. The Bertz CT molecular complexity index is 125. The molecule has 1 N–H and O–H groups in total. The van der Waals surface area contributed by atoms with E-state index in [0.29, 0.717) is 7.28 Å². The molecule has 6 heteroatoms. The van der Waals surface area contributed by atoms with Gasteiger partial charge in [-0.1, -0.05) is 0 Å². The quantitative estimate of drug-likeness (QED) is 0.472. The van der Waals surface area contributed by atoms with Crippen LogP contribution in [0.5, 0.6) is 0 Å². The van der Waals surface area contributed by atoms with Gasteiger partial charge in [-0.3, -0.25) is 9.59 Å². The van der Waals surface area contributed by atoms with Crippen LogP contribution >= 0.6 is 12.0 Å². The van der Waals surface area contributed by atoms with Crippen molar-refractivity contribution in [2.75, 3.05) is 6.26 Å². The minimum absolute atomic E-state index is 0.455. The van der Waals surface area contributed by atoms with Gasteiger partial charge in [0.05, 0.1) is 12.0 Å². The second kappa shape index (κ2) is 4.26. The summed E-state index contributed by atoms with van der Waals surface area (Å²) in [4.78, 5) is 19.9. The van der Waals surface area contributed by atoms with Crippen molar-refractivity contribution in [1.82, 2.24) is 0 Å². The molecule has 0 aliphatic carbocycles. The zero-order valence-electron chi connectivity index (χ0n) is 4.66. The van der Waals surface area contributed by atoms with Crippen molar-refractivity contribution in [3.05, 3.63) is 0 Å². The lowest BCUT2D eigenvalue weighted by Gasteiger charge is -1.92. The van der Waals surface area contributed by atoms with Gasteiger partial charge in [0.1, 0.15) is 0 Å². The largest absolute Gasteiger partial charge is 0.489 e. The third-order valence-electron chi connectivity index (χ3n) is 0.407. The van der Waals surface area contributed by atoms with Crippen molar-refractivity contribution in [2.24, 2.45) is 0 Å². The molecule has 0 rings (SSSR count). The molecule has 0 spiro atoms. The highest BCUT2D eigenvalue weighted by atomic mass is 32.2. The summed E-state index contributed by atoms with van der Waals surface area (Å²) in [7, 11) is 0.455. The van der Waals surface area contributed by atoms with Crippen LogP contribution in [0.3, 0.4) is 0 Å². The number of rotatable bonds is 3. The highest BCUT2D eigenvalue weighted by Gasteiger charge is 2.12. The van der Waals surface area contributed by atoms with E-state index in [-0.39, 0.29) is 0 Å². The Morgan fingerprint density at radius 1 is 1.67 bits per heavy atom. The van der Waals surface area contributed by atoms with Crippen LogP contribution in [-0.4, -0.2) is 30.4 Å². The van der Waals surface area contributed by atoms with Gasteiger partial charge in [0.25, 0.3) is 11.7 Å². The van der Waals surface area contributed by atoms with Crippen LogP contribution in [0.15, 0.2) is 0 Å². The maximum absolute atomic E-state index is 10.2. The van der Waals surface area contributed by atoms with Gasteiger partial charge in [-0.2, -0.15) is 0 Å². The predicted octanol–water partition coefficient (Wildman–Crippen LogP) is 0.783. The third kappa shape index (κ3) is 5.22. The molecule has 0 amide bonds. The van der Waals surface area contributed by atoms with E-state index in [1.54, 1.807) is 0 Å². The van der Waals surface area contributed by atoms with Crippen molar-refractivity contribution in [3.63, 3.8) is 0 Å². The molecule has 0 heterocycles. The molecule has 0 aromatic heterocycles. The Kier molecular flexibility index (Phi) is 3.95. The molecule has 1 radical (unpaired) electrons. The Labute approximate surface area is 57.0 Å². The Morgan fingerprint density at radius 2 is 2.22 bits per heavy atom. The molecular formula is C3H4BO4S.